The second-order valence-electron chi connectivity index (χ2n) is 7.68. The molecule has 0 spiro atoms. The molecule has 0 bridgehead atoms. The quantitative estimate of drug-likeness (QED) is 0.494. The van der Waals surface area contributed by atoms with Crippen molar-refractivity contribution < 1.29 is 18.0 Å². The Bertz CT molecular complexity index is 965. The Morgan fingerprint density at radius 3 is 2.09 bits per heavy atom. The average Bonchev–Trinajstić information content (AvgIpc) is 2.78. The highest BCUT2D eigenvalue weighted by Crippen LogP contribution is 2.19. The number of sulfonamides is 1. The maximum atomic E-state index is 13.5. The molecule has 1 atom stereocenters. The summed E-state index contributed by atoms with van der Waals surface area (Å²) >= 11 is 0. The predicted octanol–water partition coefficient (Wildman–Crippen LogP) is 3.18. The molecule has 2 amide bonds. The molecule has 2 rings (SSSR count). The Morgan fingerprint density at radius 2 is 1.56 bits per heavy atom. The van der Waals surface area contributed by atoms with E-state index in [2.05, 4.69) is 5.32 Å². The van der Waals surface area contributed by atoms with Gasteiger partial charge < -0.3 is 10.2 Å². The Morgan fingerprint density at radius 1 is 0.969 bits per heavy atom. The van der Waals surface area contributed by atoms with Crippen molar-refractivity contribution in [2.45, 2.75) is 45.7 Å². The van der Waals surface area contributed by atoms with Crippen LogP contribution in [0, 0.1) is 0 Å². The van der Waals surface area contributed by atoms with E-state index >= 15 is 0 Å². The standard InChI is InChI=1S/C24H33N3O4S/c1-4-6-17-25-24(29)22(5-2)26(18-20-13-9-7-10-14-20)23(28)19-27(32(3,30)31)21-15-11-8-12-16-21/h7-16,22H,4-6,17-19H2,1-3H3,(H,25,29)/t22-/m0/s1. The first-order valence-corrected chi connectivity index (χ1v) is 12.8. The maximum absolute atomic E-state index is 13.5. The molecule has 0 saturated heterocycles. The largest absolute Gasteiger partial charge is 0.354 e. The fraction of sp³-hybridized carbons (Fsp3) is 0.417. The van der Waals surface area contributed by atoms with Crippen LogP contribution in [-0.4, -0.2) is 50.5 Å². The summed E-state index contributed by atoms with van der Waals surface area (Å²) in [6.45, 7) is 4.26. The van der Waals surface area contributed by atoms with Crippen molar-refractivity contribution in [1.29, 1.82) is 0 Å². The molecule has 0 aromatic heterocycles. The summed E-state index contributed by atoms with van der Waals surface area (Å²) in [6.07, 6.45) is 3.29. The topological polar surface area (TPSA) is 86.8 Å². The molecular formula is C24H33N3O4S. The van der Waals surface area contributed by atoms with Crippen LogP contribution < -0.4 is 9.62 Å². The van der Waals surface area contributed by atoms with Crippen LogP contribution in [0.5, 0.6) is 0 Å². The first kappa shape index (κ1) is 25.4. The number of anilines is 1. The van der Waals surface area contributed by atoms with Gasteiger partial charge >= 0.3 is 0 Å². The molecule has 0 saturated carbocycles. The van der Waals surface area contributed by atoms with Gasteiger partial charge in [-0.2, -0.15) is 0 Å². The normalized spacial score (nSPS) is 12.1. The summed E-state index contributed by atoms with van der Waals surface area (Å²) in [5.74, 6) is -0.656. The number of amides is 2. The molecule has 0 heterocycles. The van der Waals surface area contributed by atoms with E-state index in [0.29, 0.717) is 18.7 Å². The first-order valence-electron chi connectivity index (χ1n) is 10.9. The van der Waals surface area contributed by atoms with E-state index < -0.39 is 22.0 Å². The smallest absolute Gasteiger partial charge is 0.244 e. The minimum Gasteiger partial charge on any atom is -0.354 e. The Kier molecular flexibility index (Phi) is 9.71. The van der Waals surface area contributed by atoms with Gasteiger partial charge in [-0.1, -0.05) is 68.8 Å². The van der Waals surface area contributed by atoms with E-state index in [1.165, 1.54) is 4.90 Å². The van der Waals surface area contributed by atoms with Crippen LogP contribution in [0.4, 0.5) is 5.69 Å². The number of nitrogens with zero attached hydrogens (tertiary/aromatic N) is 2. The number of para-hydroxylation sites is 1. The monoisotopic (exact) mass is 459 g/mol. The van der Waals surface area contributed by atoms with Gasteiger partial charge in [0.2, 0.25) is 21.8 Å². The average molecular weight is 460 g/mol. The van der Waals surface area contributed by atoms with Gasteiger partial charge in [0.05, 0.1) is 11.9 Å². The highest BCUT2D eigenvalue weighted by atomic mass is 32.2. The molecular weight excluding hydrogens is 426 g/mol. The second-order valence-corrected chi connectivity index (χ2v) is 9.59. The number of rotatable bonds is 12. The lowest BCUT2D eigenvalue weighted by molar-refractivity contribution is -0.140. The van der Waals surface area contributed by atoms with Crippen molar-refractivity contribution in [3.8, 4) is 0 Å². The molecule has 0 radical (unpaired) electrons. The van der Waals surface area contributed by atoms with Crippen molar-refractivity contribution in [3.05, 3.63) is 66.2 Å². The summed E-state index contributed by atoms with van der Waals surface area (Å²) < 4.78 is 26.0. The first-order chi connectivity index (χ1) is 15.3. The van der Waals surface area contributed by atoms with Crippen LogP contribution in [0.3, 0.4) is 0 Å². The third kappa shape index (κ3) is 7.37. The van der Waals surface area contributed by atoms with Gasteiger partial charge in [0, 0.05) is 13.1 Å². The zero-order valence-corrected chi connectivity index (χ0v) is 19.8. The Balaban J connectivity index is 2.34. The van der Waals surface area contributed by atoms with Gasteiger partial charge in [0.25, 0.3) is 0 Å². The minimum absolute atomic E-state index is 0.214. The number of benzene rings is 2. The molecule has 2 aromatic carbocycles. The van der Waals surface area contributed by atoms with Crippen molar-refractivity contribution in [2.24, 2.45) is 0 Å². The second kappa shape index (κ2) is 12.2. The van der Waals surface area contributed by atoms with E-state index in [0.717, 1.165) is 29.0 Å². The van der Waals surface area contributed by atoms with Crippen molar-refractivity contribution in [3.63, 3.8) is 0 Å². The van der Waals surface area contributed by atoms with Gasteiger partial charge in [-0.05, 0) is 30.5 Å². The van der Waals surface area contributed by atoms with Gasteiger partial charge in [-0.25, -0.2) is 8.42 Å². The van der Waals surface area contributed by atoms with Crippen molar-refractivity contribution >= 4 is 27.5 Å². The molecule has 7 nitrogen and oxygen atoms in total. The molecule has 0 aliphatic carbocycles. The molecule has 0 aliphatic rings. The molecule has 0 fully saturated rings. The highest BCUT2D eigenvalue weighted by Gasteiger charge is 2.31. The van der Waals surface area contributed by atoms with Crippen molar-refractivity contribution in [1.82, 2.24) is 10.2 Å². The predicted molar refractivity (Wildman–Crippen MR) is 128 cm³/mol. The van der Waals surface area contributed by atoms with E-state index in [-0.39, 0.29) is 19.0 Å². The molecule has 1 N–H and O–H groups in total. The molecule has 8 heteroatoms. The molecule has 0 aliphatic heterocycles. The maximum Gasteiger partial charge on any atom is 0.244 e. The number of nitrogens with one attached hydrogen (secondary N) is 1. The third-order valence-electron chi connectivity index (χ3n) is 5.13. The number of unbranched alkanes of at least 4 members (excludes halogenated alkanes) is 1. The summed E-state index contributed by atoms with van der Waals surface area (Å²) in [4.78, 5) is 27.8. The molecule has 0 unspecified atom stereocenters. The van der Waals surface area contributed by atoms with Crippen molar-refractivity contribution in [2.75, 3.05) is 23.7 Å². The summed E-state index contributed by atoms with van der Waals surface area (Å²) in [5.41, 5.74) is 1.27. The van der Waals surface area contributed by atoms with Crippen LogP contribution in [0.1, 0.15) is 38.7 Å². The summed E-state index contributed by atoms with van der Waals surface area (Å²) in [7, 11) is -3.70. The van der Waals surface area contributed by atoms with Gasteiger partial charge in [-0.15, -0.1) is 0 Å². The Hall–Kier alpha value is -2.87. The third-order valence-corrected chi connectivity index (χ3v) is 6.28. The van der Waals surface area contributed by atoms with Gasteiger partial charge in [0.1, 0.15) is 12.6 Å². The van der Waals surface area contributed by atoms with Crippen LogP contribution in [-0.2, 0) is 26.2 Å². The molecule has 32 heavy (non-hydrogen) atoms. The summed E-state index contributed by atoms with van der Waals surface area (Å²) in [5, 5.41) is 2.91. The van der Waals surface area contributed by atoms with Crippen LogP contribution >= 0.6 is 0 Å². The van der Waals surface area contributed by atoms with Crippen LogP contribution in [0.25, 0.3) is 0 Å². The van der Waals surface area contributed by atoms with E-state index in [9.17, 15) is 18.0 Å². The van der Waals surface area contributed by atoms with E-state index in [1.807, 2.05) is 44.2 Å². The van der Waals surface area contributed by atoms with E-state index in [4.69, 9.17) is 0 Å². The minimum atomic E-state index is -3.70. The number of carbonyl (C=O) groups is 2. The van der Waals surface area contributed by atoms with Crippen LogP contribution in [0.15, 0.2) is 60.7 Å². The fourth-order valence-electron chi connectivity index (χ4n) is 3.41. The number of hydrogen-bond acceptors (Lipinski definition) is 4. The zero-order valence-electron chi connectivity index (χ0n) is 19.0. The zero-order chi connectivity index (χ0) is 23.6. The van der Waals surface area contributed by atoms with E-state index in [1.54, 1.807) is 30.3 Å². The lowest BCUT2D eigenvalue weighted by Gasteiger charge is -2.32. The lowest BCUT2D eigenvalue weighted by Crippen LogP contribution is -2.52. The van der Waals surface area contributed by atoms with Crippen LogP contribution in [0.2, 0.25) is 0 Å². The number of hydrogen-bond donors (Lipinski definition) is 1. The SMILES string of the molecule is CCCCNC(=O)[C@H](CC)N(Cc1ccccc1)C(=O)CN(c1ccccc1)S(C)(=O)=O. The highest BCUT2D eigenvalue weighted by molar-refractivity contribution is 7.92. The summed E-state index contributed by atoms with van der Waals surface area (Å²) in [6, 6.07) is 17.2. The Labute approximate surface area is 191 Å². The van der Waals surface area contributed by atoms with Gasteiger partial charge in [-0.3, -0.25) is 13.9 Å². The van der Waals surface area contributed by atoms with Gasteiger partial charge in [0.15, 0.2) is 0 Å². The fourth-order valence-corrected chi connectivity index (χ4v) is 4.26. The number of carbonyl (C=O) groups excluding carboxylic acids is 2. The molecule has 174 valence electrons. The lowest BCUT2D eigenvalue weighted by atomic mass is 10.1. The molecule has 2 aromatic rings.